The Morgan fingerprint density at radius 3 is 2.57 bits per heavy atom. The molecule has 9 heteroatoms. The number of fused-ring (bicyclic) bond motifs is 1. The molecule has 5 rings (SSSR count). The van der Waals surface area contributed by atoms with Crippen LogP contribution in [0.15, 0.2) is 35.7 Å². The Labute approximate surface area is 178 Å². The van der Waals surface area contributed by atoms with Crippen LogP contribution in [0.25, 0.3) is 10.2 Å². The fourth-order valence-electron chi connectivity index (χ4n) is 3.60. The Balaban J connectivity index is 1.27. The van der Waals surface area contributed by atoms with Gasteiger partial charge in [-0.2, -0.15) is 4.98 Å². The highest BCUT2D eigenvalue weighted by Crippen LogP contribution is 2.32. The van der Waals surface area contributed by atoms with Gasteiger partial charge < -0.3 is 25.2 Å². The highest BCUT2D eigenvalue weighted by molar-refractivity contribution is 7.17. The first-order valence-corrected chi connectivity index (χ1v) is 11.0. The van der Waals surface area contributed by atoms with Gasteiger partial charge in [0.05, 0.1) is 17.3 Å². The van der Waals surface area contributed by atoms with Crippen molar-refractivity contribution in [3.63, 3.8) is 0 Å². The minimum atomic E-state index is -0.257. The zero-order valence-electron chi connectivity index (χ0n) is 16.8. The smallest absolute Gasteiger partial charge is 0.409 e. The molecule has 0 spiro atoms. The summed E-state index contributed by atoms with van der Waals surface area (Å²) in [5.74, 6) is 1.52. The van der Waals surface area contributed by atoms with Gasteiger partial charge in [-0.15, -0.1) is 11.3 Å². The second kappa shape index (κ2) is 7.98. The van der Waals surface area contributed by atoms with Gasteiger partial charge in [-0.05, 0) is 48.6 Å². The number of ether oxygens (including phenoxy) is 1. The maximum absolute atomic E-state index is 11.6. The SMILES string of the molecule is COC(=O)N1CCN(c2ccc(Nc3nc(NC4CC4)c4sccc4n3)cc2)CC1. The average molecular weight is 425 g/mol. The molecule has 0 radical (unpaired) electrons. The number of rotatable bonds is 5. The van der Waals surface area contributed by atoms with E-state index in [4.69, 9.17) is 9.72 Å². The van der Waals surface area contributed by atoms with Crippen LogP contribution in [0.2, 0.25) is 0 Å². The van der Waals surface area contributed by atoms with Gasteiger partial charge in [-0.3, -0.25) is 0 Å². The Bertz CT molecular complexity index is 1040. The molecular weight excluding hydrogens is 400 g/mol. The lowest BCUT2D eigenvalue weighted by atomic mass is 10.2. The fourth-order valence-corrected chi connectivity index (χ4v) is 4.38. The third-order valence-electron chi connectivity index (χ3n) is 5.42. The zero-order valence-corrected chi connectivity index (χ0v) is 17.6. The lowest BCUT2D eigenvalue weighted by molar-refractivity contribution is 0.121. The molecule has 0 bridgehead atoms. The van der Waals surface area contributed by atoms with Crippen LogP contribution in [0.4, 0.5) is 27.9 Å². The number of hydrogen-bond acceptors (Lipinski definition) is 8. The standard InChI is InChI=1S/C21H24N6O2S/c1-29-21(28)27-11-9-26(10-12-27)16-6-4-15(5-7-16)23-20-24-17-8-13-30-18(17)19(25-20)22-14-2-3-14/h4-8,13-14H,2-3,9-12H2,1H3,(H2,22,23,24,25). The van der Waals surface area contributed by atoms with Crippen molar-refractivity contribution in [1.82, 2.24) is 14.9 Å². The summed E-state index contributed by atoms with van der Waals surface area (Å²) in [5, 5.41) is 8.90. The van der Waals surface area contributed by atoms with E-state index in [2.05, 4.69) is 38.0 Å². The van der Waals surface area contributed by atoms with E-state index in [1.165, 1.54) is 20.0 Å². The first-order valence-electron chi connectivity index (χ1n) is 10.2. The van der Waals surface area contributed by atoms with Gasteiger partial charge in [0, 0.05) is 43.6 Å². The van der Waals surface area contributed by atoms with E-state index >= 15 is 0 Å². The molecule has 1 amide bonds. The van der Waals surface area contributed by atoms with Gasteiger partial charge in [0.1, 0.15) is 5.82 Å². The zero-order chi connectivity index (χ0) is 20.5. The molecule has 30 heavy (non-hydrogen) atoms. The lowest BCUT2D eigenvalue weighted by Crippen LogP contribution is -2.48. The van der Waals surface area contributed by atoms with Gasteiger partial charge in [0.25, 0.3) is 0 Å². The van der Waals surface area contributed by atoms with Crippen LogP contribution < -0.4 is 15.5 Å². The maximum atomic E-state index is 11.6. The summed E-state index contributed by atoms with van der Waals surface area (Å²) in [4.78, 5) is 25.0. The molecule has 8 nitrogen and oxygen atoms in total. The van der Waals surface area contributed by atoms with Crippen molar-refractivity contribution in [2.45, 2.75) is 18.9 Å². The predicted octanol–water partition coefficient (Wildman–Crippen LogP) is 3.90. The number of aromatic nitrogens is 2. The molecule has 0 unspecified atom stereocenters. The summed E-state index contributed by atoms with van der Waals surface area (Å²) in [6, 6.07) is 10.8. The van der Waals surface area contributed by atoms with Gasteiger partial charge in [0.2, 0.25) is 5.95 Å². The molecule has 3 heterocycles. The van der Waals surface area contributed by atoms with Crippen molar-refractivity contribution in [1.29, 1.82) is 0 Å². The van der Waals surface area contributed by atoms with E-state index in [1.54, 1.807) is 16.2 Å². The van der Waals surface area contributed by atoms with Crippen molar-refractivity contribution in [2.75, 3.05) is 48.8 Å². The fraction of sp³-hybridized carbons (Fsp3) is 0.381. The Hall–Kier alpha value is -3.07. The number of hydrogen-bond donors (Lipinski definition) is 2. The molecule has 3 aromatic rings. The van der Waals surface area contributed by atoms with Crippen molar-refractivity contribution < 1.29 is 9.53 Å². The summed E-state index contributed by atoms with van der Waals surface area (Å²) >= 11 is 1.67. The van der Waals surface area contributed by atoms with Crippen LogP contribution in [0.1, 0.15) is 12.8 Å². The largest absolute Gasteiger partial charge is 0.453 e. The summed E-state index contributed by atoms with van der Waals surface area (Å²) in [7, 11) is 1.42. The number of nitrogens with one attached hydrogen (secondary N) is 2. The van der Waals surface area contributed by atoms with Crippen molar-refractivity contribution in [2.24, 2.45) is 0 Å². The normalized spacial score (nSPS) is 16.6. The average Bonchev–Trinajstić information content (AvgIpc) is 3.47. The molecule has 1 aliphatic carbocycles. The summed E-state index contributed by atoms with van der Waals surface area (Å²) < 4.78 is 5.91. The Morgan fingerprint density at radius 1 is 1.10 bits per heavy atom. The molecule has 2 N–H and O–H groups in total. The topological polar surface area (TPSA) is 82.6 Å². The van der Waals surface area contributed by atoms with Crippen LogP contribution in [-0.2, 0) is 4.74 Å². The van der Waals surface area contributed by atoms with Crippen LogP contribution in [0, 0.1) is 0 Å². The minimum absolute atomic E-state index is 0.257. The van der Waals surface area contributed by atoms with Crippen molar-refractivity contribution in [3.8, 4) is 0 Å². The predicted molar refractivity (Wildman–Crippen MR) is 120 cm³/mol. The number of benzene rings is 1. The van der Waals surface area contributed by atoms with Crippen LogP contribution in [0.3, 0.4) is 0 Å². The Morgan fingerprint density at radius 2 is 1.87 bits per heavy atom. The summed E-state index contributed by atoms with van der Waals surface area (Å²) in [6.45, 7) is 2.90. The number of thiophene rings is 1. The monoisotopic (exact) mass is 424 g/mol. The molecule has 2 fully saturated rings. The van der Waals surface area contributed by atoms with Gasteiger partial charge in [-0.1, -0.05) is 0 Å². The van der Waals surface area contributed by atoms with E-state index in [-0.39, 0.29) is 6.09 Å². The quantitative estimate of drug-likeness (QED) is 0.643. The van der Waals surface area contributed by atoms with Crippen LogP contribution >= 0.6 is 11.3 Å². The van der Waals surface area contributed by atoms with Gasteiger partial charge in [-0.25, -0.2) is 9.78 Å². The maximum Gasteiger partial charge on any atom is 0.409 e. The minimum Gasteiger partial charge on any atom is -0.453 e. The van der Waals surface area contributed by atoms with E-state index in [9.17, 15) is 4.79 Å². The third kappa shape index (κ3) is 3.97. The molecule has 156 valence electrons. The van der Waals surface area contributed by atoms with Crippen molar-refractivity contribution in [3.05, 3.63) is 35.7 Å². The first-order chi connectivity index (χ1) is 14.7. The van der Waals surface area contributed by atoms with E-state index in [0.29, 0.717) is 25.1 Å². The second-order valence-corrected chi connectivity index (χ2v) is 8.48. The van der Waals surface area contributed by atoms with E-state index < -0.39 is 0 Å². The number of carbonyl (C=O) groups excluding carboxylic acids is 1. The highest BCUT2D eigenvalue weighted by atomic mass is 32.1. The number of methoxy groups -OCH3 is 1. The number of anilines is 4. The van der Waals surface area contributed by atoms with Gasteiger partial charge >= 0.3 is 6.09 Å². The van der Waals surface area contributed by atoms with Crippen LogP contribution in [-0.4, -0.2) is 60.3 Å². The molecular formula is C21H24N6O2S. The molecule has 1 aromatic carbocycles. The van der Waals surface area contributed by atoms with Crippen LogP contribution in [0.5, 0.6) is 0 Å². The number of carbonyl (C=O) groups is 1. The van der Waals surface area contributed by atoms with E-state index in [0.717, 1.165) is 40.5 Å². The van der Waals surface area contributed by atoms with Crippen molar-refractivity contribution >= 4 is 50.8 Å². The molecule has 0 atom stereocenters. The molecule has 2 aromatic heterocycles. The number of nitrogens with zero attached hydrogens (tertiary/aromatic N) is 4. The summed E-state index contributed by atoms with van der Waals surface area (Å²) in [6.07, 6.45) is 2.15. The molecule has 1 aliphatic heterocycles. The van der Waals surface area contributed by atoms with E-state index in [1.807, 2.05) is 18.2 Å². The number of amides is 1. The number of piperazine rings is 1. The van der Waals surface area contributed by atoms with Gasteiger partial charge in [0.15, 0.2) is 0 Å². The summed E-state index contributed by atoms with van der Waals surface area (Å²) in [5.41, 5.74) is 3.04. The molecule has 1 saturated carbocycles. The molecule has 1 saturated heterocycles. The third-order valence-corrected chi connectivity index (χ3v) is 6.33. The Kier molecular flexibility index (Phi) is 5.04. The second-order valence-electron chi connectivity index (χ2n) is 7.57. The highest BCUT2D eigenvalue weighted by Gasteiger charge is 2.23. The molecule has 2 aliphatic rings. The first kappa shape index (κ1) is 18.9. The lowest BCUT2D eigenvalue weighted by Gasteiger charge is -2.35.